The highest BCUT2D eigenvalue weighted by Gasteiger charge is 2.17. The zero-order valence-corrected chi connectivity index (χ0v) is 9.26. The molecule has 80 valence electrons. The number of amides is 1. The normalized spacial score (nSPS) is 19.0. The number of allylic oxidation sites excluding steroid dienone is 3. The molecule has 0 unspecified atom stereocenters. The lowest BCUT2D eigenvalue weighted by Crippen LogP contribution is -2.46. The van der Waals surface area contributed by atoms with Gasteiger partial charge in [0.15, 0.2) is 0 Å². The molecule has 0 bridgehead atoms. The van der Waals surface area contributed by atoms with Crippen LogP contribution in [-0.2, 0) is 4.79 Å². The van der Waals surface area contributed by atoms with Gasteiger partial charge in [0.05, 0.1) is 4.91 Å². The average Bonchev–Trinajstić information content (AvgIpc) is 2.26. The number of nitrogens with one attached hydrogen (secondary N) is 1. The SMILES string of the molecule is C/C=C\C=C(/S)C(=O)N1CCNCC1.[HH]. The first-order chi connectivity index (χ1) is 6.75. The van der Waals surface area contributed by atoms with Crippen LogP contribution in [0.15, 0.2) is 23.1 Å². The van der Waals surface area contributed by atoms with Gasteiger partial charge in [0.1, 0.15) is 0 Å². The van der Waals surface area contributed by atoms with Gasteiger partial charge in [-0.25, -0.2) is 0 Å². The van der Waals surface area contributed by atoms with Crippen molar-refractivity contribution in [3.63, 3.8) is 0 Å². The quantitative estimate of drug-likeness (QED) is 0.409. The standard InChI is InChI=1S/C10H16N2OS.H2/c1-2-3-4-9(14)10(13)12-7-5-11-6-8-12;/h2-4,11,14H,5-8H2,1H3;1H/b3-2-,9-4-;. The Hall–Kier alpha value is -0.740. The number of carbonyl (C=O) groups is 1. The first-order valence-corrected chi connectivity index (χ1v) is 5.22. The molecule has 1 fully saturated rings. The van der Waals surface area contributed by atoms with E-state index in [-0.39, 0.29) is 7.33 Å². The molecule has 3 nitrogen and oxygen atoms in total. The molecular formula is C10H18N2OS. The minimum absolute atomic E-state index is 0. The highest BCUT2D eigenvalue weighted by molar-refractivity contribution is 7.85. The Morgan fingerprint density at radius 3 is 2.71 bits per heavy atom. The number of hydrogen-bond acceptors (Lipinski definition) is 3. The lowest BCUT2D eigenvalue weighted by atomic mass is 10.3. The largest absolute Gasteiger partial charge is 0.336 e. The Bertz CT molecular complexity index is 260. The summed E-state index contributed by atoms with van der Waals surface area (Å²) >= 11 is 4.17. The highest BCUT2D eigenvalue weighted by atomic mass is 32.1. The van der Waals surface area contributed by atoms with Gasteiger partial charge < -0.3 is 10.2 Å². The van der Waals surface area contributed by atoms with Crippen molar-refractivity contribution in [2.45, 2.75) is 6.92 Å². The van der Waals surface area contributed by atoms with E-state index < -0.39 is 0 Å². The molecule has 0 aromatic carbocycles. The van der Waals surface area contributed by atoms with E-state index in [2.05, 4.69) is 17.9 Å². The van der Waals surface area contributed by atoms with Gasteiger partial charge in [-0.2, -0.15) is 0 Å². The van der Waals surface area contributed by atoms with E-state index >= 15 is 0 Å². The van der Waals surface area contributed by atoms with Crippen LogP contribution in [0.3, 0.4) is 0 Å². The summed E-state index contributed by atoms with van der Waals surface area (Å²) in [7, 11) is 0. The smallest absolute Gasteiger partial charge is 0.260 e. The van der Waals surface area contributed by atoms with Gasteiger partial charge in [-0.05, 0) is 13.0 Å². The molecule has 4 heteroatoms. The van der Waals surface area contributed by atoms with Crippen molar-refractivity contribution in [1.29, 1.82) is 0 Å². The van der Waals surface area contributed by atoms with Crippen molar-refractivity contribution < 1.29 is 6.22 Å². The number of rotatable bonds is 2. The third-order valence-electron chi connectivity index (χ3n) is 2.07. The van der Waals surface area contributed by atoms with Crippen LogP contribution in [-0.4, -0.2) is 37.0 Å². The lowest BCUT2D eigenvalue weighted by molar-refractivity contribution is -0.126. The van der Waals surface area contributed by atoms with Crippen molar-refractivity contribution in [3.8, 4) is 0 Å². The Labute approximate surface area is 91.7 Å². The van der Waals surface area contributed by atoms with Crippen LogP contribution in [0.25, 0.3) is 0 Å². The van der Waals surface area contributed by atoms with Crippen LogP contribution < -0.4 is 5.32 Å². The maximum atomic E-state index is 11.7. The summed E-state index contributed by atoms with van der Waals surface area (Å²) in [6.07, 6.45) is 5.43. The summed E-state index contributed by atoms with van der Waals surface area (Å²) in [5.74, 6) is 0.0212. The maximum absolute atomic E-state index is 11.7. The lowest BCUT2D eigenvalue weighted by Gasteiger charge is -2.27. The third-order valence-corrected chi connectivity index (χ3v) is 2.41. The van der Waals surface area contributed by atoms with Crippen LogP contribution in [0, 0.1) is 0 Å². The number of piperazine rings is 1. The van der Waals surface area contributed by atoms with Gasteiger partial charge in [-0.15, -0.1) is 12.6 Å². The number of hydrogen-bond donors (Lipinski definition) is 2. The monoisotopic (exact) mass is 214 g/mol. The molecule has 1 rings (SSSR count). The topological polar surface area (TPSA) is 32.3 Å². The molecule has 0 radical (unpaired) electrons. The van der Waals surface area contributed by atoms with Gasteiger partial charge in [0.2, 0.25) is 0 Å². The van der Waals surface area contributed by atoms with Gasteiger partial charge in [0.25, 0.3) is 5.91 Å². The molecule has 1 saturated heterocycles. The van der Waals surface area contributed by atoms with E-state index in [1.807, 2.05) is 24.0 Å². The molecule has 1 aliphatic heterocycles. The van der Waals surface area contributed by atoms with Crippen molar-refractivity contribution in [2.75, 3.05) is 26.2 Å². The Morgan fingerprint density at radius 2 is 2.14 bits per heavy atom. The fraction of sp³-hybridized carbons (Fsp3) is 0.500. The predicted molar refractivity (Wildman–Crippen MR) is 63.4 cm³/mol. The molecule has 0 spiro atoms. The van der Waals surface area contributed by atoms with Crippen molar-refractivity contribution in [1.82, 2.24) is 10.2 Å². The summed E-state index contributed by atoms with van der Waals surface area (Å²) in [6.45, 7) is 5.19. The second-order valence-corrected chi connectivity index (χ2v) is 3.60. The minimum atomic E-state index is 0. The van der Waals surface area contributed by atoms with Crippen LogP contribution in [0.4, 0.5) is 0 Å². The van der Waals surface area contributed by atoms with Crippen LogP contribution in [0.5, 0.6) is 0 Å². The molecule has 0 aliphatic carbocycles. The molecule has 0 atom stereocenters. The number of nitrogens with zero attached hydrogens (tertiary/aromatic N) is 1. The second kappa shape index (κ2) is 5.88. The fourth-order valence-corrected chi connectivity index (χ4v) is 1.52. The average molecular weight is 214 g/mol. The van der Waals surface area contributed by atoms with E-state index in [1.165, 1.54) is 0 Å². The first kappa shape index (κ1) is 11.3. The van der Waals surface area contributed by atoms with Crippen molar-refractivity contribution in [2.24, 2.45) is 0 Å². The molecule has 0 aromatic heterocycles. The Balaban J connectivity index is 0.00000196. The molecule has 0 saturated carbocycles. The fourth-order valence-electron chi connectivity index (χ4n) is 1.29. The number of carbonyl (C=O) groups excluding carboxylic acids is 1. The predicted octanol–water partition coefficient (Wildman–Crippen LogP) is 1.05. The molecule has 1 heterocycles. The van der Waals surface area contributed by atoms with E-state index in [9.17, 15) is 4.79 Å². The summed E-state index contributed by atoms with van der Waals surface area (Å²) in [5.41, 5.74) is 0. The summed E-state index contributed by atoms with van der Waals surface area (Å²) in [6, 6.07) is 0. The van der Waals surface area contributed by atoms with Crippen LogP contribution >= 0.6 is 12.6 Å². The number of thiol groups is 1. The zero-order chi connectivity index (χ0) is 10.4. The van der Waals surface area contributed by atoms with E-state index in [1.54, 1.807) is 6.08 Å². The van der Waals surface area contributed by atoms with Gasteiger partial charge in [-0.1, -0.05) is 12.2 Å². The molecular weight excluding hydrogens is 196 g/mol. The minimum Gasteiger partial charge on any atom is -0.336 e. The molecule has 0 aromatic rings. The Kier molecular flexibility index (Phi) is 4.76. The van der Waals surface area contributed by atoms with Crippen molar-refractivity contribution >= 4 is 18.5 Å². The summed E-state index contributed by atoms with van der Waals surface area (Å²) in [4.78, 5) is 14.0. The Morgan fingerprint density at radius 1 is 1.50 bits per heavy atom. The third kappa shape index (κ3) is 3.20. The summed E-state index contributed by atoms with van der Waals surface area (Å²) in [5, 5.41) is 3.20. The van der Waals surface area contributed by atoms with Gasteiger partial charge in [0, 0.05) is 27.6 Å². The first-order valence-electron chi connectivity index (χ1n) is 4.77. The van der Waals surface area contributed by atoms with Crippen molar-refractivity contribution in [3.05, 3.63) is 23.1 Å². The molecule has 1 N–H and O–H groups in total. The highest BCUT2D eigenvalue weighted by Crippen LogP contribution is 2.07. The van der Waals surface area contributed by atoms with Crippen LogP contribution in [0.1, 0.15) is 8.35 Å². The van der Waals surface area contributed by atoms with E-state index in [4.69, 9.17) is 0 Å². The van der Waals surface area contributed by atoms with E-state index in [0.717, 1.165) is 26.2 Å². The van der Waals surface area contributed by atoms with E-state index in [0.29, 0.717) is 4.91 Å². The van der Waals surface area contributed by atoms with Crippen LogP contribution in [0.2, 0.25) is 0 Å². The second-order valence-electron chi connectivity index (χ2n) is 3.12. The van der Waals surface area contributed by atoms with Gasteiger partial charge in [-0.3, -0.25) is 4.79 Å². The zero-order valence-electron chi connectivity index (χ0n) is 8.36. The van der Waals surface area contributed by atoms with Gasteiger partial charge >= 0.3 is 0 Å². The maximum Gasteiger partial charge on any atom is 0.260 e. The molecule has 1 amide bonds. The summed E-state index contributed by atoms with van der Waals surface area (Å²) < 4.78 is 0. The molecule has 1 aliphatic rings. The molecule has 14 heavy (non-hydrogen) atoms.